The fourth-order valence-electron chi connectivity index (χ4n) is 13.3. The summed E-state index contributed by atoms with van der Waals surface area (Å²) in [4.78, 5) is 23.7. The summed E-state index contributed by atoms with van der Waals surface area (Å²) in [6.07, 6.45) is -58.8. The number of ether oxygens (including phenoxy) is 13. The highest BCUT2D eigenvalue weighted by atomic mass is 31.2. The number of carbonyl (C=O) groups is 1. The molecule has 16 unspecified atom stereocenters. The molecule has 0 spiro atoms. The van der Waals surface area contributed by atoms with Crippen LogP contribution in [0.1, 0.15) is 116 Å². The summed E-state index contributed by atoms with van der Waals surface area (Å²) in [5, 5.41) is 258. The van der Waals surface area contributed by atoms with Crippen molar-refractivity contribution in [2.75, 3.05) is 52.9 Å². The van der Waals surface area contributed by atoms with Gasteiger partial charge in [0.15, 0.2) is 37.7 Å². The van der Waals surface area contributed by atoms with Crippen LogP contribution in [-0.4, -0.2) is 413 Å². The molecule has 1 saturated carbocycles. The van der Waals surface area contributed by atoms with Crippen molar-refractivity contribution < 1.29 is 207 Å². The van der Waals surface area contributed by atoms with Crippen LogP contribution in [0.4, 0.5) is 0 Å². The average molecular weight is 1590 g/mol. The summed E-state index contributed by atoms with van der Waals surface area (Å²) in [7, 11) is -5.76. The Bertz CT molecular complexity index is 2560. The molecule has 0 aromatic heterocycles. The number of carbonyl (C=O) groups excluding carboxylic acids is 1. The van der Waals surface area contributed by atoms with Gasteiger partial charge in [-0.05, 0) is 6.42 Å². The molecular formula is C64H115O42P. The van der Waals surface area contributed by atoms with Gasteiger partial charge >= 0.3 is 13.8 Å². The molecule has 7 fully saturated rings. The van der Waals surface area contributed by atoms with E-state index in [0.29, 0.717) is 6.42 Å². The highest BCUT2D eigenvalue weighted by molar-refractivity contribution is 7.47. The Morgan fingerprint density at radius 1 is 0.336 bits per heavy atom. The molecule has 7 aliphatic rings. The number of phosphoric ester groups is 1. The van der Waals surface area contributed by atoms with E-state index in [1.54, 1.807) is 0 Å². The molecule has 0 aromatic rings. The Kier molecular flexibility index (Phi) is 38.2. The highest BCUT2D eigenvalue weighted by Gasteiger charge is 2.59. The van der Waals surface area contributed by atoms with E-state index >= 15 is 0 Å². The Morgan fingerprint density at radius 3 is 0.916 bits per heavy atom. The van der Waals surface area contributed by atoms with Crippen LogP contribution in [0.15, 0.2) is 0 Å². The maximum Gasteiger partial charge on any atom is 0.472 e. The van der Waals surface area contributed by atoms with Crippen molar-refractivity contribution in [1.29, 1.82) is 0 Å². The van der Waals surface area contributed by atoms with Crippen molar-refractivity contribution >= 4 is 13.8 Å². The second-order valence-corrected chi connectivity index (χ2v) is 29.6. The van der Waals surface area contributed by atoms with Gasteiger partial charge in [0.05, 0.1) is 46.2 Å². The topological polar surface area (TPSA) is 678 Å². The summed E-state index contributed by atoms with van der Waals surface area (Å²) < 4.78 is 96.3. The third kappa shape index (κ3) is 25.1. The largest absolute Gasteiger partial charge is 0.472 e. The van der Waals surface area contributed by atoms with Gasteiger partial charge in [0.25, 0.3) is 0 Å². The van der Waals surface area contributed by atoms with Crippen molar-refractivity contribution in [1.82, 2.24) is 0 Å². The van der Waals surface area contributed by atoms with Crippen LogP contribution in [-0.2, 0) is 80.0 Å². The Balaban J connectivity index is 0.939. The molecule has 1 aliphatic carbocycles. The second-order valence-electron chi connectivity index (χ2n) is 28.2. The summed E-state index contributed by atoms with van der Waals surface area (Å²) in [5.74, 6) is -0.699. The van der Waals surface area contributed by atoms with E-state index in [2.05, 4.69) is 6.92 Å². The molecule has 0 radical (unpaired) electrons. The van der Waals surface area contributed by atoms with Crippen molar-refractivity contribution in [2.45, 2.75) is 343 Å². The average Bonchev–Trinajstić information content (AvgIpc) is 0.761. The molecule has 107 heavy (non-hydrogen) atoms. The minimum atomic E-state index is -5.76. The monoisotopic (exact) mass is 1590 g/mol. The van der Waals surface area contributed by atoms with Crippen LogP contribution in [0, 0.1) is 0 Å². The van der Waals surface area contributed by atoms with E-state index in [-0.39, 0.29) is 6.42 Å². The third-order valence-corrected chi connectivity index (χ3v) is 21.0. The summed E-state index contributed by atoms with van der Waals surface area (Å²) in [5.41, 5.74) is 0. The maximum atomic E-state index is 13.9. The van der Waals surface area contributed by atoms with Crippen LogP contribution in [0.2, 0.25) is 0 Å². The van der Waals surface area contributed by atoms with Gasteiger partial charge in [0, 0.05) is 6.42 Å². The zero-order valence-corrected chi connectivity index (χ0v) is 60.0. The molecule has 42 nitrogen and oxygen atoms in total. The smallest absolute Gasteiger partial charge is 0.463 e. The minimum Gasteiger partial charge on any atom is -0.463 e. The Labute approximate surface area is 615 Å². The zero-order chi connectivity index (χ0) is 78.7. The van der Waals surface area contributed by atoms with E-state index in [4.69, 9.17) is 70.6 Å². The standard InChI is InChI=1S/C64H115O42P/c1-2-3-4-5-6-7-8-9-10-11-12-13-14-15-16-17-18-34(68)92-21-27(67)22-97-107(90,91)106-58-56(104-63-54(88)42(76)36(70)29(20-66)99-63)48(82)47(81)49(83)57(58)105-64-55(89)46(80)40(74)33(103-64)26-96-62-53(87)45(79)39(73)32(102-62)25-95-61-52(86)44(78)38(72)31(101-61)24-94-60-51(85)43(77)37(71)30(100-60)23-93-59-50(84)41(75)35(69)28(19-65)98-59/h27-33,35-67,69-89H,2-26H2,1H3,(H,90,91)/t27-,28?,29?,30?,31?,32?,33?,35+,36-,37+,38+,39+,40+,41?,42?,43?,44?,45?,46?,47+,48?,49?,50+,51+,52+,53+,54-,55+,56-,57?,58+,59-,60-,61-,62-,63-,64+/m1/s1. The third-order valence-electron chi connectivity index (χ3n) is 20.0. The van der Waals surface area contributed by atoms with Crippen molar-refractivity contribution in [2.24, 2.45) is 0 Å². The van der Waals surface area contributed by atoms with Crippen molar-refractivity contribution in [3.63, 3.8) is 0 Å². The highest BCUT2D eigenvalue weighted by Crippen LogP contribution is 2.49. The Hall–Kier alpha value is -1.86. The molecule has 25 N–H and O–H groups in total. The first kappa shape index (κ1) is 92.3. The number of aliphatic hydroxyl groups excluding tert-OH is 24. The summed E-state index contributed by atoms with van der Waals surface area (Å²) in [6, 6.07) is 0. The Morgan fingerprint density at radius 2 is 0.598 bits per heavy atom. The van der Waals surface area contributed by atoms with Gasteiger partial charge in [0.2, 0.25) is 0 Å². The lowest BCUT2D eigenvalue weighted by Crippen LogP contribution is -2.69. The number of unbranched alkanes of at least 4 members (excludes halogenated alkanes) is 15. The predicted octanol–water partition coefficient (Wildman–Crippen LogP) is -10.2. The first-order valence-corrected chi connectivity index (χ1v) is 38.0. The molecule has 0 bridgehead atoms. The fraction of sp³-hybridized carbons (Fsp3) is 0.984. The second kappa shape index (κ2) is 44.3. The van der Waals surface area contributed by atoms with E-state index < -0.39 is 294 Å². The normalized spacial score (nSPS) is 43.8. The first-order chi connectivity index (χ1) is 50.8. The zero-order valence-electron chi connectivity index (χ0n) is 59.1. The summed E-state index contributed by atoms with van der Waals surface area (Å²) >= 11 is 0. The van der Waals surface area contributed by atoms with E-state index in [9.17, 15) is 137 Å². The van der Waals surface area contributed by atoms with E-state index in [0.717, 1.165) is 32.1 Å². The lowest BCUT2D eigenvalue weighted by atomic mass is 9.84. The van der Waals surface area contributed by atoms with Gasteiger partial charge < -0.3 is 189 Å². The van der Waals surface area contributed by atoms with Gasteiger partial charge in [-0.15, -0.1) is 0 Å². The molecule has 628 valence electrons. The van der Waals surface area contributed by atoms with E-state index in [1.807, 2.05) is 0 Å². The SMILES string of the molecule is CCCCCCCCCCCCCCCCCCC(=O)OC[C@@H](O)COP(=O)(O)O[C@@H]1C(O[C@@H]2OC(CO[C@@H]3OC(CO[C@@H]4OC(CO[C@@H]5OC(CO[C@@H]6OC(CO)[C@H](O)C(O)[C@@H]6O)[C@H](O)C(O)[C@@H]5O)[C@H](O)C(O)[C@@H]4O)[C@H](O)C(O)[C@@H]3O)[C@H](O)C(O)[C@@H]2O)C(O)[C@@H](O)C(O)[C@H]1O[C@H]1OC(CO)[C@@H](O)C(O)[C@H]1O. The van der Waals surface area contributed by atoms with Gasteiger partial charge in [-0.3, -0.25) is 13.8 Å². The van der Waals surface area contributed by atoms with Gasteiger partial charge in [-0.2, -0.15) is 0 Å². The van der Waals surface area contributed by atoms with Crippen LogP contribution in [0.3, 0.4) is 0 Å². The quantitative estimate of drug-likeness (QED) is 0.0153. The lowest BCUT2D eigenvalue weighted by molar-refractivity contribution is -0.365. The molecule has 0 amide bonds. The predicted molar refractivity (Wildman–Crippen MR) is 348 cm³/mol. The maximum absolute atomic E-state index is 13.9. The number of hydrogen-bond acceptors (Lipinski definition) is 41. The molecule has 6 saturated heterocycles. The van der Waals surface area contributed by atoms with Crippen molar-refractivity contribution in [3.05, 3.63) is 0 Å². The van der Waals surface area contributed by atoms with Gasteiger partial charge in [-0.25, -0.2) is 4.57 Å². The number of aliphatic hydroxyl groups is 24. The van der Waals surface area contributed by atoms with Gasteiger partial charge in [-0.1, -0.05) is 103 Å². The molecule has 43 heteroatoms. The molecule has 6 aliphatic heterocycles. The molecule has 7 rings (SSSR count). The number of esters is 1. The van der Waals surface area contributed by atoms with Crippen LogP contribution in [0.25, 0.3) is 0 Å². The van der Waals surface area contributed by atoms with Gasteiger partial charge in [0.1, 0.15) is 196 Å². The minimum absolute atomic E-state index is 0.00582. The molecule has 0 aromatic carbocycles. The summed E-state index contributed by atoms with van der Waals surface area (Å²) in [6.45, 7) is -5.12. The first-order valence-electron chi connectivity index (χ1n) is 36.5. The molecule has 6 heterocycles. The van der Waals surface area contributed by atoms with Crippen LogP contribution >= 0.6 is 7.82 Å². The van der Waals surface area contributed by atoms with E-state index in [1.165, 1.54) is 64.2 Å². The fourth-order valence-corrected chi connectivity index (χ4v) is 14.3. The number of hydrogen-bond donors (Lipinski definition) is 25. The molecule has 38 atom stereocenters. The van der Waals surface area contributed by atoms with Crippen LogP contribution in [0.5, 0.6) is 0 Å². The molecular weight excluding hydrogens is 1470 g/mol. The number of rotatable bonds is 42. The number of phosphoric acid groups is 1. The lowest BCUT2D eigenvalue weighted by Gasteiger charge is -2.49. The van der Waals surface area contributed by atoms with Crippen molar-refractivity contribution in [3.8, 4) is 0 Å². The van der Waals surface area contributed by atoms with Crippen LogP contribution < -0.4 is 0 Å².